The van der Waals surface area contributed by atoms with E-state index in [9.17, 15) is 23.1 Å². The Morgan fingerprint density at radius 2 is 1.48 bits per heavy atom. The molecule has 0 fully saturated rings. The van der Waals surface area contributed by atoms with E-state index in [4.69, 9.17) is 4.74 Å². The topological polar surface area (TPSA) is 122 Å². The summed E-state index contributed by atoms with van der Waals surface area (Å²) in [5.74, 6) is -0.334. The second kappa shape index (κ2) is 14.5. The molecule has 3 N–H and O–H groups in total. The van der Waals surface area contributed by atoms with E-state index in [1.54, 1.807) is 36.4 Å². The van der Waals surface area contributed by atoms with Gasteiger partial charge >= 0.3 is 5.97 Å². The van der Waals surface area contributed by atoms with Crippen LogP contribution in [0.1, 0.15) is 48.7 Å². The Hall–Kier alpha value is -4.93. The van der Waals surface area contributed by atoms with Gasteiger partial charge in [0.15, 0.2) is 0 Å². The molecule has 0 aromatic heterocycles. The number of aliphatic carboxylic acids is 1. The summed E-state index contributed by atoms with van der Waals surface area (Å²) >= 11 is 3.41. The number of sulfonamides is 1. The molecule has 0 bridgehead atoms. The van der Waals surface area contributed by atoms with Gasteiger partial charge in [-0.25, -0.2) is 8.42 Å². The van der Waals surface area contributed by atoms with Crippen LogP contribution in [0.4, 0.5) is 11.4 Å². The van der Waals surface area contributed by atoms with E-state index in [1.807, 2.05) is 87.5 Å². The maximum absolute atomic E-state index is 14.0. The van der Waals surface area contributed by atoms with Crippen LogP contribution in [0.25, 0.3) is 11.1 Å². The minimum absolute atomic E-state index is 0.0632. The number of carbonyl (C=O) groups excluding carboxylic acids is 1. The molecule has 5 rings (SSSR count). The van der Waals surface area contributed by atoms with E-state index >= 15 is 0 Å². The lowest BCUT2D eigenvalue weighted by atomic mass is 9.87. The number of benzene rings is 5. The van der Waals surface area contributed by atoms with Crippen LogP contribution in [-0.4, -0.2) is 25.4 Å². The van der Waals surface area contributed by atoms with Gasteiger partial charge in [0.25, 0.3) is 15.9 Å². The third-order valence-corrected chi connectivity index (χ3v) is 9.48. The number of carboxylic acids is 1. The highest BCUT2D eigenvalue weighted by Gasteiger charge is 2.22. The molecule has 246 valence electrons. The zero-order valence-corrected chi connectivity index (χ0v) is 29.1. The van der Waals surface area contributed by atoms with Crippen LogP contribution >= 0.6 is 15.9 Å². The first-order valence-corrected chi connectivity index (χ1v) is 17.5. The molecule has 48 heavy (non-hydrogen) atoms. The fourth-order valence-corrected chi connectivity index (χ4v) is 6.49. The number of amides is 1. The van der Waals surface area contributed by atoms with Gasteiger partial charge in [-0.3, -0.25) is 14.3 Å². The molecular formula is C38H35BrN2O6S. The van der Waals surface area contributed by atoms with Gasteiger partial charge in [0.2, 0.25) is 0 Å². The second-order valence-corrected chi connectivity index (χ2v) is 14.8. The molecule has 0 saturated heterocycles. The Kier molecular flexibility index (Phi) is 10.4. The van der Waals surface area contributed by atoms with Crippen LogP contribution in [-0.2, 0) is 26.7 Å². The van der Waals surface area contributed by atoms with Crippen molar-refractivity contribution in [3.05, 3.63) is 136 Å². The second-order valence-electron chi connectivity index (χ2n) is 12.2. The Morgan fingerprint density at radius 1 is 0.792 bits per heavy atom. The van der Waals surface area contributed by atoms with Crippen LogP contribution < -0.4 is 14.8 Å². The molecule has 0 aliphatic rings. The van der Waals surface area contributed by atoms with E-state index in [2.05, 4.69) is 26.0 Å². The Morgan fingerprint density at radius 3 is 2.17 bits per heavy atom. The highest BCUT2D eigenvalue weighted by molar-refractivity contribution is 9.10. The van der Waals surface area contributed by atoms with Crippen molar-refractivity contribution < 1.29 is 27.9 Å². The molecule has 0 radical (unpaired) electrons. The number of rotatable bonds is 11. The number of carbonyl (C=O) groups is 2. The monoisotopic (exact) mass is 726 g/mol. The molecule has 0 aliphatic heterocycles. The molecular weight excluding hydrogens is 692 g/mol. The van der Waals surface area contributed by atoms with Crippen LogP contribution in [0.15, 0.2) is 125 Å². The van der Waals surface area contributed by atoms with E-state index < -0.39 is 21.9 Å². The largest absolute Gasteiger partial charge is 0.481 e. The molecule has 0 spiro atoms. The third kappa shape index (κ3) is 8.50. The van der Waals surface area contributed by atoms with Crippen molar-refractivity contribution in [2.75, 3.05) is 10.0 Å². The summed E-state index contributed by atoms with van der Waals surface area (Å²) in [7, 11) is -4.04. The van der Waals surface area contributed by atoms with E-state index in [1.165, 1.54) is 12.1 Å². The van der Waals surface area contributed by atoms with E-state index in [-0.39, 0.29) is 34.4 Å². The van der Waals surface area contributed by atoms with E-state index in [0.29, 0.717) is 38.3 Å². The summed E-state index contributed by atoms with van der Waals surface area (Å²) in [6.45, 7) is 6.14. The zero-order valence-electron chi connectivity index (χ0n) is 26.7. The highest BCUT2D eigenvalue weighted by Crippen LogP contribution is 2.38. The van der Waals surface area contributed by atoms with Gasteiger partial charge in [-0.2, -0.15) is 0 Å². The number of para-hydroxylation sites is 2. The normalized spacial score (nSPS) is 11.5. The molecule has 0 heterocycles. The molecule has 0 saturated carbocycles. The van der Waals surface area contributed by atoms with Crippen LogP contribution in [0, 0.1) is 0 Å². The molecule has 10 heteroatoms. The van der Waals surface area contributed by atoms with Gasteiger partial charge in [0, 0.05) is 27.7 Å². The molecule has 1 amide bonds. The van der Waals surface area contributed by atoms with Crippen molar-refractivity contribution in [3.63, 3.8) is 0 Å². The minimum atomic E-state index is -4.04. The Labute approximate surface area is 289 Å². The van der Waals surface area contributed by atoms with Gasteiger partial charge in [0.1, 0.15) is 11.5 Å². The van der Waals surface area contributed by atoms with E-state index in [0.717, 1.165) is 5.56 Å². The summed E-state index contributed by atoms with van der Waals surface area (Å²) in [4.78, 5) is 25.4. The summed E-state index contributed by atoms with van der Waals surface area (Å²) < 4.78 is 36.3. The number of ether oxygens (including phenoxy) is 1. The van der Waals surface area contributed by atoms with Gasteiger partial charge in [-0.05, 0) is 77.6 Å². The molecule has 0 atom stereocenters. The molecule has 5 aromatic carbocycles. The van der Waals surface area contributed by atoms with Crippen LogP contribution in [0.3, 0.4) is 0 Å². The fraction of sp³-hybridized carbons (Fsp3) is 0.158. The zero-order chi connectivity index (χ0) is 34.5. The minimum Gasteiger partial charge on any atom is -0.481 e. The number of aryl methyl sites for hydroxylation is 1. The van der Waals surface area contributed by atoms with Crippen molar-refractivity contribution in [1.29, 1.82) is 0 Å². The lowest BCUT2D eigenvalue weighted by Crippen LogP contribution is -2.19. The number of carboxylic acid groups (broad SMARTS) is 1. The van der Waals surface area contributed by atoms with Crippen LogP contribution in [0.2, 0.25) is 0 Å². The van der Waals surface area contributed by atoms with Gasteiger partial charge < -0.3 is 15.2 Å². The predicted octanol–water partition coefficient (Wildman–Crippen LogP) is 9.28. The Bertz CT molecular complexity index is 2060. The first kappa shape index (κ1) is 34.4. The van der Waals surface area contributed by atoms with Crippen molar-refractivity contribution in [2.24, 2.45) is 0 Å². The SMILES string of the molecule is CC(C)(C)c1ccc(S(=O)(=O)Nc2ccc(Br)cc2C(=O)Nc2cc(CCC(=O)O)ccc2-c2ccccc2Oc2ccccc2)cc1. The molecule has 0 unspecified atom stereocenters. The number of anilines is 2. The van der Waals surface area contributed by atoms with Gasteiger partial charge in [-0.1, -0.05) is 97.4 Å². The Balaban J connectivity index is 1.51. The number of hydrogen-bond donors (Lipinski definition) is 3. The average Bonchev–Trinajstić information content (AvgIpc) is 3.05. The standard InChI is InChI=1S/C38H35BrN2O6S/c1-38(2,3)26-15-18-29(19-16-26)48(45,46)41-33-21-17-27(39)24-32(33)37(44)40-34-23-25(14-22-36(42)43)13-20-30(34)31-11-7-8-12-35(31)47-28-9-5-4-6-10-28/h4-13,15-21,23-24,41H,14,22H2,1-3H3,(H,40,44)(H,42,43). The summed E-state index contributed by atoms with van der Waals surface area (Å²) in [5.41, 5.74) is 3.43. The number of hydrogen-bond acceptors (Lipinski definition) is 5. The van der Waals surface area contributed by atoms with Crippen LogP contribution in [0.5, 0.6) is 11.5 Å². The average molecular weight is 728 g/mol. The first-order chi connectivity index (χ1) is 22.8. The lowest BCUT2D eigenvalue weighted by Gasteiger charge is -2.19. The van der Waals surface area contributed by atoms with Crippen molar-refractivity contribution in [2.45, 2.75) is 43.9 Å². The summed E-state index contributed by atoms with van der Waals surface area (Å²) in [6.07, 6.45) is 0.158. The van der Waals surface area contributed by atoms with Crippen molar-refractivity contribution in [3.8, 4) is 22.6 Å². The highest BCUT2D eigenvalue weighted by atomic mass is 79.9. The fourth-order valence-electron chi connectivity index (χ4n) is 5.05. The quantitative estimate of drug-likeness (QED) is 0.125. The van der Waals surface area contributed by atoms with Gasteiger partial charge in [0.05, 0.1) is 16.1 Å². The maximum Gasteiger partial charge on any atom is 0.303 e. The molecule has 8 nitrogen and oxygen atoms in total. The third-order valence-electron chi connectivity index (χ3n) is 7.61. The smallest absolute Gasteiger partial charge is 0.303 e. The summed E-state index contributed by atoms with van der Waals surface area (Å²) in [6, 6.07) is 33.4. The first-order valence-electron chi connectivity index (χ1n) is 15.2. The summed E-state index contributed by atoms with van der Waals surface area (Å²) in [5, 5.41) is 12.2. The maximum atomic E-state index is 14.0. The molecule has 5 aromatic rings. The predicted molar refractivity (Wildman–Crippen MR) is 192 cm³/mol. The van der Waals surface area contributed by atoms with Gasteiger partial charge in [-0.15, -0.1) is 0 Å². The van der Waals surface area contributed by atoms with Crippen molar-refractivity contribution in [1.82, 2.24) is 0 Å². The van der Waals surface area contributed by atoms with Crippen molar-refractivity contribution >= 4 is 49.2 Å². The number of nitrogens with one attached hydrogen (secondary N) is 2. The number of halogens is 1. The lowest BCUT2D eigenvalue weighted by molar-refractivity contribution is -0.136. The molecule has 0 aliphatic carbocycles.